The van der Waals surface area contributed by atoms with Crippen LogP contribution in [0.15, 0.2) is 42.7 Å². The highest BCUT2D eigenvalue weighted by Crippen LogP contribution is 2.38. The molecule has 0 unspecified atom stereocenters. The molecule has 102 valence electrons. The third kappa shape index (κ3) is 2.77. The van der Waals surface area contributed by atoms with Gasteiger partial charge in [-0.3, -0.25) is 14.6 Å². The van der Waals surface area contributed by atoms with Crippen molar-refractivity contribution >= 4 is 18.5 Å². The summed E-state index contributed by atoms with van der Waals surface area (Å²) in [7, 11) is -4.07. The number of fused-ring (bicyclic) bond motifs is 1. The van der Waals surface area contributed by atoms with Gasteiger partial charge in [-0.15, -0.1) is 0 Å². The first kappa shape index (κ1) is 13.0. The quantitative estimate of drug-likeness (QED) is 0.642. The van der Waals surface area contributed by atoms with E-state index in [4.69, 9.17) is 9.79 Å². The summed E-state index contributed by atoms with van der Waals surface area (Å²) in [5, 5.41) is 7.85. The van der Waals surface area contributed by atoms with Gasteiger partial charge in [0.15, 0.2) is 0 Å². The lowest BCUT2D eigenvalue weighted by atomic mass is 10.1. The van der Waals surface area contributed by atoms with Crippen LogP contribution in [0.25, 0.3) is 22.0 Å². The third-order valence-corrected chi connectivity index (χ3v) is 3.70. The molecule has 0 fully saturated rings. The lowest BCUT2D eigenvalue weighted by molar-refractivity contribution is 0.371. The van der Waals surface area contributed by atoms with E-state index in [-0.39, 0.29) is 6.16 Å². The fraction of sp³-hybridized carbons (Fsp3) is 0.0769. The second-order valence-electron chi connectivity index (χ2n) is 4.53. The van der Waals surface area contributed by atoms with Crippen LogP contribution in [-0.4, -0.2) is 25.0 Å². The molecule has 3 N–H and O–H groups in total. The standard InChI is InChI=1S/C13H12N3O3P/c17-20(18,19)8-12-3-1-10(6-14-12)9-2-4-13-11(5-9)7-15-16-13/h1-7H,8H2,(H,15,16)(H2,17,18,19). The van der Waals surface area contributed by atoms with Crippen LogP contribution in [0.3, 0.4) is 0 Å². The fourth-order valence-electron chi connectivity index (χ4n) is 2.02. The highest BCUT2D eigenvalue weighted by Gasteiger charge is 2.14. The van der Waals surface area contributed by atoms with Crippen molar-refractivity contribution in [2.24, 2.45) is 0 Å². The van der Waals surface area contributed by atoms with Crippen molar-refractivity contribution in [2.75, 3.05) is 0 Å². The number of hydrogen-bond acceptors (Lipinski definition) is 3. The van der Waals surface area contributed by atoms with Gasteiger partial charge in [-0.25, -0.2) is 0 Å². The Hall–Kier alpha value is -2.01. The molecule has 0 saturated carbocycles. The van der Waals surface area contributed by atoms with Crippen molar-refractivity contribution in [1.82, 2.24) is 15.2 Å². The zero-order valence-electron chi connectivity index (χ0n) is 10.4. The molecular formula is C13H12N3O3P. The van der Waals surface area contributed by atoms with E-state index in [2.05, 4.69) is 15.2 Å². The van der Waals surface area contributed by atoms with E-state index in [9.17, 15) is 4.57 Å². The second-order valence-corrected chi connectivity index (χ2v) is 6.18. The predicted molar refractivity (Wildman–Crippen MR) is 75.1 cm³/mol. The number of aromatic amines is 1. The summed E-state index contributed by atoms with van der Waals surface area (Å²) in [5.41, 5.74) is 3.21. The maximum atomic E-state index is 10.9. The summed E-state index contributed by atoms with van der Waals surface area (Å²) in [4.78, 5) is 21.9. The molecule has 0 aliphatic rings. The van der Waals surface area contributed by atoms with Crippen molar-refractivity contribution in [1.29, 1.82) is 0 Å². The molecule has 7 heteroatoms. The molecule has 20 heavy (non-hydrogen) atoms. The van der Waals surface area contributed by atoms with Crippen LogP contribution in [0, 0.1) is 0 Å². The molecule has 0 spiro atoms. The second kappa shape index (κ2) is 4.83. The minimum atomic E-state index is -4.07. The Kier molecular flexibility index (Phi) is 3.14. The highest BCUT2D eigenvalue weighted by atomic mass is 31.2. The van der Waals surface area contributed by atoms with Crippen molar-refractivity contribution < 1.29 is 14.4 Å². The molecule has 0 bridgehead atoms. The van der Waals surface area contributed by atoms with E-state index in [0.717, 1.165) is 22.0 Å². The average Bonchev–Trinajstić information content (AvgIpc) is 2.85. The lowest BCUT2D eigenvalue weighted by Crippen LogP contribution is -1.91. The molecule has 0 aliphatic heterocycles. The normalized spacial score (nSPS) is 11.9. The highest BCUT2D eigenvalue weighted by molar-refractivity contribution is 7.50. The summed E-state index contributed by atoms with van der Waals surface area (Å²) in [5.74, 6) is 0. The number of rotatable bonds is 3. The molecule has 0 aliphatic carbocycles. The van der Waals surface area contributed by atoms with Gasteiger partial charge in [0.05, 0.1) is 23.6 Å². The van der Waals surface area contributed by atoms with E-state index >= 15 is 0 Å². The van der Waals surface area contributed by atoms with Crippen molar-refractivity contribution in [3.05, 3.63) is 48.4 Å². The summed E-state index contributed by atoms with van der Waals surface area (Å²) in [6.45, 7) is 0. The van der Waals surface area contributed by atoms with Crippen LogP contribution in [-0.2, 0) is 10.7 Å². The Balaban J connectivity index is 1.92. The van der Waals surface area contributed by atoms with Gasteiger partial charge in [-0.05, 0) is 23.8 Å². The first-order chi connectivity index (χ1) is 9.51. The number of nitrogens with one attached hydrogen (secondary N) is 1. The largest absolute Gasteiger partial charge is 0.331 e. The van der Waals surface area contributed by atoms with E-state index in [1.54, 1.807) is 24.5 Å². The molecule has 0 saturated heterocycles. The van der Waals surface area contributed by atoms with Gasteiger partial charge in [0.25, 0.3) is 0 Å². The first-order valence-electron chi connectivity index (χ1n) is 5.94. The van der Waals surface area contributed by atoms with Crippen LogP contribution in [0.2, 0.25) is 0 Å². The van der Waals surface area contributed by atoms with E-state index in [1.165, 1.54) is 0 Å². The van der Waals surface area contributed by atoms with Crippen molar-refractivity contribution in [3.8, 4) is 11.1 Å². The van der Waals surface area contributed by atoms with Gasteiger partial charge < -0.3 is 9.79 Å². The van der Waals surface area contributed by atoms with Gasteiger partial charge in [-0.2, -0.15) is 5.10 Å². The molecule has 3 aromatic rings. The van der Waals surface area contributed by atoms with Gasteiger partial charge >= 0.3 is 7.60 Å². The summed E-state index contributed by atoms with van der Waals surface area (Å²) in [6.07, 6.45) is 3.02. The molecule has 6 nitrogen and oxygen atoms in total. The Labute approximate surface area is 114 Å². The summed E-state index contributed by atoms with van der Waals surface area (Å²) in [6, 6.07) is 9.30. The molecule has 1 aromatic carbocycles. The Morgan fingerprint density at radius 3 is 2.60 bits per heavy atom. The first-order valence-corrected chi connectivity index (χ1v) is 7.74. The molecule has 0 atom stereocenters. The van der Waals surface area contributed by atoms with Crippen molar-refractivity contribution in [2.45, 2.75) is 6.16 Å². The number of aromatic nitrogens is 3. The van der Waals surface area contributed by atoms with E-state index < -0.39 is 7.60 Å². The smallest absolute Gasteiger partial charge is 0.324 e. The van der Waals surface area contributed by atoms with Gasteiger partial charge in [0, 0.05) is 17.1 Å². The molecular weight excluding hydrogens is 277 g/mol. The van der Waals surface area contributed by atoms with Crippen LogP contribution in [0.5, 0.6) is 0 Å². The zero-order chi connectivity index (χ0) is 14.2. The SMILES string of the molecule is O=P(O)(O)Cc1ccc(-c2ccc3[nH]ncc3c2)cn1. The molecule has 2 heterocycles. The summed E-state index contributed by atoms with van der Waals surface area (Å²) >= 11 is 0. The average molecular weight is 289 g/mol. The molecule has 3 rings (SSSR count). The molecule has 0 radical (unpaired) electrons. The third-order valence-electron chi connectivity index (χ3n) is 2.97. The topological polar surface area (TPSA) is 99.1 Å². The number of nitrogens with zero attached hydrogens (tertiary/aromatic N) is 2. The number of hydrogen-bond donors (Lipinski definition) is 3. The van der Waals surface area contributed by atoms with Gasteiger partial charge in [-0.1, -0.05) is 12.1 Å². The maximum absolute atomic E-state index is 10.9. The van der Waals surface area contributed by atoms with Gasteiger partial charge in [0.2, 0.25) is 0 Å². The number of pyridine rings is 1. The van der Waals surface area contributed by atoms with E-state index in [1.807, 2.05) is 18.2 Å². The fourth-order valence-corrected chi connectivity index (χ4v) is 2.63. The number of benzene rings is 1. The Morgan fingerprint density at radius 1 is 1.10 bits per heavy atom. The zero-order valence-corrected chi connectivity index (χ0v) is 11.3. The lowest BCUT2D eigenvalue weighted by Gasteiger charge is -2.05. The van der Waals surface area contributed by atoms with Crippen LogP contribution in [0.1, 0.15) is 5.69 Å². The van der Waals surface area contributed by atoms with Crippen molar-refractivity contribution in [3.63, 3.8) is 0 Å². The van der Waals surface area contributed by atoms with Crippen LogP contribution in [0.4, 0.5) is 0 Å². The number of H-pyrrole nitrogens is 1. The minimum absolute atomic E-state index is 0.339. The minimum Gasteiger partial charge on any atom is -0.324 e. The van der Waals surface area contributed by atoms with Crippen LogP contribution >= 0.6 is 7.60 Å². The van der Waals surface area contributed by atoms with Crippen LogP contribution < -0.4 is 0 Å². The predicted octanol–water partition coefficient (Wildman–Crippen LogP) is 2.30. The molecule has 2 aromatic heterocycles. The van der Waals surface area contributed by atoms with E-state index in [0.29, 0.717) is 5.69 Å². The monoisotopic (exact) mass is 289 g/mol. The molecule has 0 amide bonds. The Morgan fingerprint density at radius 2 is 1.90 bits per heavy atom. The Bertz CT molecular complexity index is 792. The van der Waals surface area contributed by atoms with Gasteiger partial charge in [0.1, 0.15) is 0 Å². The summed E-state index contributed by atoms with van der Waals surface area (Å²) < 4.78 is 10.9. The maximum Gasteiger partial charge on any atom is 0.331 e.